The van der Waals surface area contributed by atoms with E-state index >= 15 is 0 Å². The summed E-state index contributed by atoms with van der Waals surface area (Å²) in [4.78, 5) is 16.1. The molecule has 0 atom stereocenters. The first-order chi connectivity index (χ1) is 13.6. The Bertz CT molecular complexity index is 1210. The van der Waals surface area contributed by atoms with Crippen LogP contribution < -0.4 is 0 Å². The molecule has 2 N–H and O–H groups in total. The van der Waals surface area contributed by atoms with Crippen molar-refractivity contribution in [3.05, 3.63) is 95.9 Å². The maximum Gasteiger partial charge on any atom is 0.371 e. The minimum atomic E-state index is -1.32. The molecule has 0 aliphatic rings. The highest BCUT2D eigenvalue weighted by molar-refractivity contribution is 5.95. The summed E-state index contributed by atoms with van der Waals surface area (Å²) in [5.74, 6) is -1.94. The summed E-state index contributed by atoms with van der Waals surface area (Å²) in [6.45, 7) is 0. The van der Waals surface area contributed by atoms with Gasteiger partial charge in [0.15, 0.2) is 0 Å². The first-order valence-corrected chi connectivity index (χ1v) is 9.11. The van der Waals surface area contributed by atoms with Crippen molar-refractivity contribution >= 4 is 33.2 Å². The van der Waals surface area contributed by atoms with Crippen LogP contribution in [0.4, 0.5) is 0 Å². The lowest BCUT2D eigenvalue weighted by atomic mass is 9.96. The molecule has 0 radical (unpaired) electrons. The Morgan fingerprint density at radius 3 is 2.25 bits per heavy atom. The van der Waals surface area contributed by atoms with Crippen LogP contribution >= 0.6 is 0 Å². The van der Waals surface area contributed by atoms with Gasteiger partial charge in [-0.15, -0.1) is 0 Å². The molecule has 4 heteroatoms. The molecule has 28 heavy (non-hydrogen) atoms. The van der Waals surface area contributed by atoms with Gasteiger partial charge in [0.25, 0.3) is 0 Å². The standard InChI is InChI=1S/C24H19NO3/c26-23(24(27)28)21(19-10-9-16-5-1-2-7-18(16)15-19)14-13-20-12-11-17-6-3-4-8-22(17)25-20/h1-12,15,26H,13-14H2,(H,27,28)/b23-21+. The van der Waals surface area contributed by atoms with Gasteiger partial charge in [0.05, 0.1) is 5.52 Å². The van der Waals surface area contributed by atoms with Crippen LogP contribution in [0.5, 0.6) is 0 Å². The van der Waals surface area contributed by atoms with E-state index in [1.54, 1.807) is 0 Å². The second-order valence-corrected chi connectivity index (χ2v) is 6.69. The number of benzene rings is 3. The number of aliphatic hydroxyl groups is 1. The Morgan fingerprint density at radius 2 is 1.46 bits per heavy atom. The summed E-state index contributed by atoms with van der Waals surface area (Å²) < 4.78 is 0. The van der Waals surface area contributed by atoms with Crippen LogP contribution in [0.15, 0.2) is 84.6 Å². The number of fused-ring (bicyclic) bond motifs is 2. The topological polar surface area (TPSA) is 70.4 Å². The normalized spacial score (nSPS) is 12.1. The van der Waals surface area contributed by atoms with Gasteiger partial charge in [0, 0.05) is 16.7 Å². The van der Waals surface area contributed by atoms with Gasteiger partial charge < -0.3 is 10.2 Å². The van der Waals surface area contributed by atoms with E-state index in [0.717, 1.165) is 27.4 Å². The lowest BCUT2D eigenvalue weighted by Crippen LogP contribution is -2.05. The van der Waals surface area contributed by atoms with E-state index in [4.69, 9.17) is 0 Å². The fourth-order valence-electron chi connectivity index (χ4n) is 3.41. The highest BCUT2D eigenvalue weighted by atomic mass is 16.4. The second-order valence-electron chi connectivity index (χ2n) is 6.69. The van der Waals surface area contributed by atoms with E-state index < -0.39 is 11.7 Å². The van der Waals surface area contributed by atoms with Crippen LogP contribution in [0.1, 0.15) is 17.7 Å². The quantitative estimate of drug-likeness (QED) is 0.366. The molecule has 0 saturated heterocycles. The van der Waals surface area contributed by atoms with Crippen molar-refractivity contribution in [3.63, 3.8) is 0 Å². The summed E-state index contributed by atoms with van der Waals surface area (Å²) in [5, 5.41) is 22.7. The molecule has 4 rings (SSSR count). The number of aliphatic hydroxyl groups excluding tert-OH is 1. The van der Waals surface area contributed by atoms with Gasteiger partial charge in [-0.05, 0) is 47.4 Å². The van der Waals surface area contributed by atoms with Crippen LogP contribution in [-0.4, -0.2) is 21.2 Å². The van der Waals surface area contributed by atoms with Gasteiger partial charge in [0.1, 0.15) is 0 Å². The lowest BCUT2D eigenvalue weighted by Gasteiger charge is -2.11. The van der Waals surface area contributed by atoms with Crippen molar-refractivity contribution in [2.24, 2.45) is 0 Å². The number of aryl methyl sites for hydroxylation is 1. The lowest BCUT2D eigenvalue weighted by molar-refractivity contribution is -0.135. The maximum atomic E-state index is 11.4. The van der Waals surface area contributed by atoms with Gasteiger partial charge in [-0.2, -0.15) is 0 Å². The average Bonchev–Trinajstić information content (AvgIpc) is 2.73. The van der Waals surface area contributed by atoms with Crippen molar-refractivity contribution < 1.29 is 15.0 Å². The number of hydrogen-bond acceptors (Lipinski definition) is 3. The summed E-state index contributed by atoms with van der Waals surface area (Å²) in [6.07, 6.45) is 0.909. The molecule has 0 fully saturated rings. The number of carboxylic acid groups (broad SMARTS) is 1. The molecule has 0 saturated carbocycles. The van der Waals surface area contributed by atoms with Gasteiger partial charge in [-0.3, -0.25) is 4.98 Å². The first-order valence-electron chi connectivity index (χ1n) is 9.11. The van der Waals surface area contributed by atoms with Crippen LogP contribution in [0.3, 0.4) is 0 Å². The number of pyridine rings is 1. The number of nitrogens with zero attached hydrogens (tertiary/aromatic N) is 1. The van der Waals surface area contributed by atoms with Gasteiger partial charge in [0.2, 0.25) is 5.76 Å². The zero-order chi connectivity index (χ0) is 19.5. The van der Waals surface area contributed by atoms with E-state index in [-0.39, 0.29) is 0 Å². The summed E-state index contributed by atoms with van der Waals surface area (Å²) in [5.41, 5.74) is 2.88. The number of aliphatic carboxylic acids is 1. The third-order valence-electron chi connectivity index (χ3n) is 4.87. The molecule has 138 valence electrons. The van der Waals surface area contributed by atoms with Crippen molar-refractivity contribution in [3.8, 4) is 0 Å². The first kappa shape index (κ1) is 17.7. The Labute approximate surface area is 162 Å². The van der Waals surface area contributed by atoms with Crippen LogP contribution in [-0.2, 0) is 11.2 Å². The largest absolute Gasteiger partial charge is 0.502 e. The second kappa shape index (κ2) is 7.53. The molecule has 0 aliphatic heterocycles. The van der Waals surface area contributed by atoms with Crippen molar-refractivity contribution in [2.75, 3.05) is 0 Å². The molecule has 1 aromatic heterocycles. The van der Waals surface area contributed by atoms with E-state index in [1.165, 1.54) is 0 Å². The fourth-order valence-corrected chi connectivity index (χ4v) is 3.41. The molecule has 4 nitrogen and oxygen atoms in total. The molecule has 3 aromatic carbocycles. The molecule has 1 heterocycles. The number of hydrogen-bond donors (Lipinski definition) is 2. The number of allylic oxidation sites excluding steroid dienone is 1. The number of para-hydroxylation sites is 1. The highest BCUT2D eigenvalue weighted by Crippen LogP contribution is 2.27. The van der Waals surface area contributed by atoms with Crippen LogP contribution in [0.2, 0.25) is 0 Å². The zero-order valence-electron chi connectivity index (χ0n) is 15.2. The predicted octanol–water partition coefficient (Wildman–Crippen LogP) is 5.37. The van der Waals surface area contributed by atoms with E-state index in [2.05, 4.69) is 4.98 Å². The summed E-state index contributed by atoms with van der Waals surface area (Å²) in [7, 11) is 0. The maximum absolute atomic E-state index is 11.4. The monoisotopic (exact) mass is 369 g/mol. The minimum absolute atomic E-state index is 0.377. The third-order valence-corrected chi connectivity index (χ3v) is 4.87. The number of carboxylic acids is 1. The molecule has 0 aliphatic carbocycles. The Morgan fingerprint density at radius 1 is 0.786 bits per heavy atom. The smallest absolute Gasteiger partial charge is 0.371 e. The molecule has 0 bridgehead atoms. The van der Waals surface area contributed by atoms with Gasteiger partial charge in [-0.1, -0.05) is 60.7 Å². The number of carbonyl (C=O) groups is 1. The molecule has 4 aromatic rings. The number of rotatable bonds is 5. The Kier molecular flexibility index (Phi) is 4.77. The molecule has 0 amide bonds. The predicted molar refractivity (Wildman–Crippen MR) is 111 cm³/mol. The molecular weight excluding hydrogens is 350 g/mol. The Balaban J connectivity index is 1.67. The van der Waals surface area contributed by atoms with Crippen molar-refractivity contribution in [2.45, 2.75) is 12.8 Å². The SMILES string of the molecule is O=C(O)/C(O)=C(/CCc1ccc2ccccc2n1)c1ccc2ccccc2c1. The van der Waals surface area contributed by atoms with Crippen molar-refractivity contribution in [1.82, 2.24) is 4.98 Å². The number of aromatic nitrogens is 1. The molecule has 0 spiro atoms. The Hall–Kier alpha value is -3.66. The summed E-state index contributed by atoms with van der Waals surface area (Å²) >= 11 is 0. The van der Waals surface area contributed by atoms with Gasteiger partial charge in [-0.25, -0.2) is 4.79 Å². The molecular formula is C24H19NO3. The van der Waals surface area contributed by atoms with Crippen molar-refractivity contribution in [1.29, 1.82) is 0 Å². The zero-order valence-corrected chi connectivity index (χ0v) is 15.2. The van der Waals surface area contributed by atoms with E-state index in [1.807, 2.05) is 78.9 Å². The van der Waals surface area contributed by atoms with Crippen LogP contribution in [0, 0.1) is 0 Å². The van der Waals surface area contributed by atoms with Gasteiger partial charge >= 0.3 is 5.97 Å². The minimum Gasteiger partial charge on any atom is -0.502 e. The molecule has 0 unspecified atom stereocenters. The fraction of sp³-hybridized carbons (Fsp3) is 0.0833. The summed E-state index contributed by atoms with van der Waals surface area (Å²) in [6, 6.07) is 25.4. The van der Waals surface area contributed by atoms with Crippen LogP contribution in [0.25, 0.3) is 27.2 Å². The average molecular weight is 369 g/mol. The highest BCUT2D eigenvalue weighted by Gasteiger charge is 2.16. The van der Waals surface area contributed by atoms with E-state index in [0.29, 0.717) is 24.0 Å². The third kappa shape index (κ3) is 3.58. The van der Waals surface area contributed by atoms with E-state index in [9.17, 15) is 15.0 Å².